The fourth-order valence-electron chi connectivity index (χ4n) is 5.50. The van der Waals surface area contributed by atoms with Gasteiger partial charge in [-0.05, 0) is 59.7 Å². The van der Waals surface area contributed by atoms with E-state index in [9.17, 15) is 0 Å². The summed E-state index contributed by atoms with van der Waals surface area (Å²) in [5, 5.41) is 0.745. The summed E-state index contributed by atoms with van der Waals surface area (Å²) in [6.45, 7) is 2.25. The van der Waals surface area contributed by atoms with E-state index in [-0.39, 0.29) is 0 Å². The first-order chi connectivity index (χ1) is 16.3. The van der Waals surface area contributed by atoms with E-state index in [0.29, 0.717) is 12.0 Å². The summed E-state index contributed by atoms with van der Waals surface area (Å²) < 4.78 is 0. The molecule has 4 heterocycles. The molecule has 1 N–H and O–H groups in total. The summed E-state index contributed by atoms with van der Waals surface area (Å²) in [6.07, 6.45) is 10.7. The van der Waals surface area contributed by atoms with Crippen molar-refractivity contribution in [1.82, 2.24) is 14.9 Å². The molecule has 33 heavy (non-hydrogen) atoms. The SMILES string of the molecule is Clc1cccc(-c2[nH]cc(C3=C[C@@H]4C[C@@H](c5ccccc5)CN4CC3)c2-c2ccncc2)c1. The summed E-state index contributed by atoms with van der Waals surface area (Å²) in [6, 6.07) is 23.7. The van der Waals surface area contributed by atoms with Crippen LogP contribution in [0.15, 0.2) is 91.4 Å². The van der Waals surface area contributed by atoms with Crippen molar-refractivity contribution in [3.63, 3.8) is 0 Å². The maximum Gasteiger partial charge on any atom is 0.0540 e. The number of fused-ring (bicyclic) bond motifs is 1. The highest BCUT2D eigenvalue weighted by Gasteiger charge is 2.34. The Kier molecular flexibility index (Phi) is 5.37. The fraction of sp³-hybridized carbons (Fsp3) is 0.207. The predicted octanol–water partition coefficient (Wildman–Crippen LogP) is 7.04. The largest absolute Gasteiger partial charge is 0.360 e. The minimum atomic E-state index is 0.494. The van der Waals surface area contributed by atoms with Crippen LogP contribution in [0.4, 0.5) is 0 Å². The van der Waals surface area contributed by atoms with Crippen molar-refractivity contribution >= 4 is 17.2 Å². The highest BCUT2D eigenvalue weighted by atomic mass is 35.5. The summed E-state index contributed by atoms with van der Waals surface area (Å²) in [4.78, 5) is 10.5. The number of pyridine rings is 1. The van der Waals surface area contributed by atoms with Crippen molar-refractivity contribution < 1.29 is 0 Å². The molecule has 6 rings (SSSR count). The lowest BCUT2D eigenvalue weighted by Gasteiger charge is -2.28. The molecule has 0 saturated carbocycles. The molecule has 1 fully saturated rings. The molecule has 0 spiro atoms. The van der Waals surface area contributed by atoms with Crippen LogP contribution in [-0.2, 0) is 0 Å². The molecular weight excluding hydrogens is 426 g/mol. The van der Waals surface area contributed by atoms with Crippen molar-refractivity contribution in [1.29, 1.82) is 0 Å². The van der Waals surface area contributed by atoms with Crippen LogP contribution in [0.1, 0.15) is 29.9 Å². The van der Waals surface area contributed by atoms with E-state index in [0.717, 1.165) is 35.8 Å². The summed E-state index contributed by atoms with van der Waals surface area (Å²) in [5.41, 5.74) is 8.80. The standard InChI is InChI=1S/C29H26ClN3/c30-25-8-4-7-23(15-25)29-28(21-9-12-31-13-10-21)27(18-32-29)22-11-14-33-19-24(17-26(33)16-22)20-5-2-1-3-6-20/h1-10,12-13,15-16,18,24,26,32H,11,14,17,19H2/t24-,26-/m1/s1. The number of aromatic amines is 1. The number of benzene rings is 2. The zero-order valence-electron chi connectivity index (χ0n) is 18.4. The Morgan fingerprint density at radius 3 is 2.61 bits per heavy atom. The van der Waals surface area contributed by atoms with E-state index in [4.69, 9.17) is 11.6 Å². The van der Waals surface area contributed by atoms with Gasteiger partial charge in [0.05, 0.1) is 5.69 Å². The molecule has 0 bridgehead atoms. The van der Waals surface area contributed by atoms with Crippen molar-refractivity contribution in [3.05, 3.63) is 108 Å². The zero-order chi connectivity index (χ0) is 22.2. The molecular formula is C29H26ClN3. The third kappa shape index (κ3) is 3.92. The first kappa shape index (κ1) is 20.5. The molecule has 3 nitrogen and oxygen atoms in total. The number of nitrogens with zero attached hydrogens (tertiary/aromatic N) is 2. The van der Waals surface area contributed by atoms with E-state index in [1.165, 1.54) is 34.2 Å². The number of aromatic nitrogens is 2. The van der Waals surface area contributed by atoms with Gasteiger partial charge in [0.1, 0.15) is 0 Å². The Labute approximate surface area is 199 Å². The highest BCUT2D eigenvalue weighted by Crippen LogP contribution is 2.42. The molecule has 0 aliphatic carbocycles. The summed E-state index contributed by atoms with van der Waals surface area (Å²) in [7, 11) is 0. The van der Waals surface area contributed by atoms with E-state index >= 15 is 0 Å². The molecule has 2 aliphatic heterocycles. The van der Waals surface area contributed by atoms with Crippen LogP contribution >= 0.6 is 11.6 Å². The van der Waals surface area contributed by atoms with Crippen molar-refractivity contribution in [2.45, 2.75) is 24.8 Å². The number of H-pyrrole nitrogens is 1. The van der Waals surface area contributed by atoms with E-state index in [2.05, 4.69) is 75.7 Å². The molecule has 164 valence electrons. The van der Waals surface area contributed by atoms with E-state index < -0.39 is 0 Å². The first-order valence-electron chi connectivity index (χ1n) is 11.6. The van der Waals surface area contributed by atoms with Crippen LogP contribution in [0.3, 0.4) is 0 Å². The lowest BCUT2D eigenvalue weighted by molar-refractivity contribution is 0.286. The topological polar surface area (TPSA) is 31.9 Å². The lowest BCUT2D eigenvalue weighted by atomic mass is 9.90. The summed E-state index contributed by atoms with van der Waals surface area (Å²) >= 11 is 6.33. The van der Waals surface area contributed by atoms with E-state index in [1.807, 2.05) is 30.6 Å². The molecule has 2 aromatic heterocycles. The number of halogens is 1. The van der Waals surface area contributed by atoms with Gasteiger partial charge < -0.3 is 4.98 Å². The van der Waals surface area contributed by atoms with Crippen LogP contribution in [0.2, 0.25) is 5.02 Å². The van der Waals surface area contributed by atoms with Crippen molar-refractivity contribution in [3.8, 4) is 22.4 Å². The van der Waals surface area contributed by atoms with Crippen LogP contribution in [0.5, 0.6) is 0 Å². The maximum absolute atomic E-state index is 6.33. The molecule has 0 amide bonds. The molecule has 2 aromatic carbocycles. The Hall–Kier alpha value is -3.14. The van der Waals surface area contributed by atoms with Gasteiger partial charge in [-0.2, -0.15) is 0 Å². The Morgan fingerprint density at radius 2 is 1.79 bits per heavy atom. The molecule has 1 saturated heterocycles. The Bertz CT molecular complexity index is 1290. The second kappa shape index (κ2) is 8.66. The predicted molar refractivity (Wildman–Crippen MR) is 136 cm³/mol. The monoisotopic (exact) mass is 451 g/mol. The van der Waals surface area contributed by atoms with Crippen LogP contribution in [0.25, 0.3) is 28.0 Å². The Balaban J connectivity index is 1.39. The zero-order valence-corrected chi connectivity index (χ0v) is 19.2. The third-order valence-electron chi connectivity index (χ3n) is 7.09. The molecule has 4 aromatic rings. The van der Waals surface area contributed by atoms with Gasteiger partial charge in [-0.3, -0.25) is 9.88 Å². The van der Waals surface area contributed by atoms with Crippen LogP contribution in [0, 0.1) is 0 Å². The van der Waals surface area contributed by atoms with Gasteiger partial charge in [-0.15, -0.1) is 0 Å². The molecule has 2 aliphatic rings. The lowest BCUT2D eigenvalue weighted by Crippen LogP contribution is -2.32. The van der Waals surface area contributed by atoms with Crippen molar-refractivity contribution in [2.24, 2.45) is 0 Å². The van der Waals surface area contributed by atoms with Gasteiger partial charge in [0.2, 0.25) is 0 Å². The third-order valence-corrected chi connectivity index (χ3v) is 7.33. The first-order valence-corrected chi connectivity index (χ1v) is 12.0. The molecule has 0 unspecified atom stereocenters. The second-order valence-electron chi connectivity index (χ2n) is 9.05. The second-order valence-corrected chi connectivity index (χ2v) is 9.48. The molecule has 2 atom stereocenters. The van der Waals surface area contributed by atoms with Crippen LogP contribution < -0.4 is 0 Å². The average molecular weight is 452 g/mol. The van der Waals surface area contributed by atoms with Gasteiger partial charge in [-0.25, -0.2) is 0 Å². The molecule has 4 heteroatoms. The smallest absolute Gasteiger partial charge is 0.0540 e. The number of hydrogen-bond acceptors (Lipinski definition) is 2. The Morgan fingerprint density at radius 1 is 0.939 bits per heavy atom. The minimum absolute atomic E-state index is 0.494. The van der Waals surface area contributed by atoms with Gasteiger partial charge in [0, 0.05) is 59.4 Å². The van der Waals surface area contributed by atoms with Gasteiger partial charge >= 0.3 is 0 Å². The van der Waals surface area contributed by atoms with Gasteiger partial charge in [0.15, 0.2) is 0 Å². The van der Waals surface area contributed by atoms with Crippen molar-refractivity contribution in [2.75, 3.05) is 13.1 Å². The van der Waals surface area contributed by atoms with Gasteiger partial charge in [-0.1, -0.05) is 60.1 Å². The minimum Gasteiger partial charge on any atom is -0.360 e. The number of rotatable bonds is 4. The fourth-order valence-corrected chi connectivity index (χ4v) is 5.69. The maximum atomic E-state index is 6.33. The average Bonchev–Trinajstić information content (AvgIpc) is 3.49. The quantitative estimate of drug-likeness (QED) is 0.360. The van der Waals surface area contributed by atoms with E-state index in [1.54, 1.807) is 0 Å². The normalized spacial score (nSPS) is 20.5. The highest BCUT2D eigenvalue weighted by molar-refractivity contribution is 6.30. The number of nitrogens with one attached hydrogen (secondary N) is 1. The number of hydrogen-bond donors (Lipinski definition) is 1. The van der Waals surface area contributed by atoms with Crippen LogP contribution in [-0.4, -0.2) is 34.0 Å². The molecule has 0 radical (unpaired) electrons. The summed E-state index contributed by atoms with van der Waals surface area (Å²) in [5.74, 6) is 0.611. The van der Waals surface area contributed by atoms with Gasteiger partial charge in [0.25, 0.3) is 0 Å².